The Hall–Kier alpha value is -2.10. The molecule has 142 valence electrons. The second-order valence-electron chi connectivity index (χ2n) is 6.66. The maximum Gasteiger partial charge on any atom is 0.196 e. The zero-order chi connectivity index (χ0) is 19.5. The van der Waals surface area contributed by atoms with Gasteiger partial charge in [-0.1, -0.05) is 55.7 Å². The molecule has 0 saturated heterocycles. The third kappa shape index (κ3) is 3.54. The Labute approximate surface area is 161 Å². The molecule has 0 radical (unpaired) electrons. The lowest BCUT2D eigenvalue weighted by molar-refractivity contribution is 0.581. The summed E-state index contributed by atoms with van der Waals surface area (Å²) in [6.45, 7) is 2.03. The van der Waals surface area contributed by atoms with Crippen LogP contribution in [-0.4, -0.2) is 26.8 Å². The van der Waals surface area contributed by atoms with Crippen LogP contribution in [0.3, 0.4) is 0 Å². The maximum absolute atomic E-state index is 13.3. The molecule has 2 atom stereocenters. The minimum atomic E-state index is -3.91. The fourth-order valence-corrected chi connectivity index (χ4v) is 7.77. The van der Waals surface area contributed by atoms with Crippen molar-refractivity contribution >= 4 is 19.7 Å². The van der Waals surface area contributed by atoms with Gasteiger partial charge in [-0.3, -0.25) is 0 Å². The largest absolute Gasteiger partial charge is 0.223 e. The van der Waals surface area contributed by atoms with Crippen LogP contribution in [0.25, 0.3) is 0 Å². The fourth-order valence-electron chi connectivity index (χ4n) is 3.12. The van der Waals surface area contributed by atoms with Crippen LogP contribution in [0.1, 0.15) is 32.6 Å². The summed E-state index contributed by atoms with van der Waals surface area (Å²) in [4.78, 5) is 0.246. The van der Waals surface area contributed by atoms with Crippen molar-refractivity contribution in [2.24, 2.45) is 0 Å². The predicted molar refractivity (Wildman–Crippen MR) is 106 cm³/mol. The SMILES string of the molecule is CCCCC#CC1(S(=O)(=O)c2ccccc2)CC1S(=O)(=O)c1ccccc1. The fraction of sp³-hybridized carbons (Fsp3) is 0.333. The molecule has 1 fully saturated rings. The van der Waals surface area contributed by atoms with Crippen molar-refractivity contribution < 1.29 is 16.8 Å². The Kier molecular flexibility index (Phi) is 5.45. The van der Waals surface area contributed by atoms with Gasteiger partial charge in [0, 0.05) is 6.42 Å². The predicted octanol–water partition coefficient (Wildman–Crippen LogP) is 3.64. The first kappa shape index (κ1) is 19.7. The Morgan fingerprint density at radius 1 is 0.926 bits per heavy atom. The van der Waals surface area contributed by atoms with Crippen LogP contribution < -0.4 is 0 Å². The number of rotatable bonds is 6. The van der Waals surface area contributed by atoms with Gasteiger partial charge in [0.25, 0.3) is 0 Å². The smallest absolute Gasteiger partial charge is 0.196 e. The first-order valence-electron chi connectivity index (χ1n) is 8.95. The van der Waals surface area contributed by atoms with E-state index in [-0.39, 0.29) is 16.2 Å². The van der Waals surface area contributed by atoms with Crippen molar-refractivity contribution in [2.45, 2.75) is 52.4 Å². The van der Waals surface area contributed by atoms with E-state index >= 15 is 0 Å². The molecule has 27 heavy (non-hydrogen) atoms. The Morgan fingerprint density at radius 2 is 1.48 bits per heavy atom. The van der Waals surface area contributed by atoms with Gasteiger partial charge in [0.1, 0.15) is 0 Å². The molecule has 0 amide bonds. The van der Waals surface area contributed by atoms with E-state index in [0.29, 0.717) is 6.42 Å². The molecule has 0 spiro atoms. The van der Waals surface area contributed by atoms with Gasteiger partial charge in [0.05, 0.1) is 15.0 Å². The molecule has 0 aromatic heterocycles. The number of hydrogen-bond donors (Lipinski definition) is 0. The summed E-state index contributed by atoms with van der Waals surface area (Å²) < 4.78 is 51.1. The van der Waals surface area contributed by atoms with Crippen LogP contribution in [0, 0.1) is 11.8 Å². The maximum atomic E-state index is 13.3. The molecule has 1 saturated carbocycles. The highest BCUT2D eigenvalue weighted by Gasteiger charge is 2.69. The number of sulfone groups is 2. The van der Waals surface area contributed by atoms with E-state index in [4.69, 9.17) is 0 Å². The van der Waals surface area contributed by atoms with Gasteiger partial charge < -0.3 is 0 Å². The van der Waals surface area contributed by atoms with Gasteiger partial charge in [-0.05, 0) is 37.1 Å². The molecule has 4 nitrogen and oxygen atoms in total. The van der Waals surface area contributed by atoms with Crippen molar-refractivity contribution in [1.82, 2.24) is 0 Å². The molecule has 6 heteroatoms. The summed E-state index contributed by atoms with van der Waals surface area (Å²) >= 11 is 0. The summed E-state index contributed by atoms with van der Waals surface area (Å²) in [5, 5.41) is -1.05. The monoisotopic (exact) mass is 402 g/mol. The lowest BCUT2D eigenvalue weighted by atomic mass is 10.2. The molecular weight excluding hydrogens is 380 g/mol. The molecule has 2 unspecified atom stereocenters. The zero-order valence-corrected chi connectivity index (χ0v) is 16.8. The highest BCUT2D eigenvalue weighted by molar-refractivity contribution is 7.97. The third-order valence-corrected chi connectivity index (χ3v) is 9.58. The first-order chi connectivity index (χ1) is 12.9. The summed E-state index contributed by atoms with van der Waals surface area (Å²) in [6, 6.07) is 16.0. The molecule has 0 heterocycles. The minimum Gasteiger partial charge on any atom is -0.223 e. The lowest BCUT2D eigenvalue weighted by Crippen LogP contribution is -2.29. The van der Waals surface area contributed by atoms with Crippen LogP contribution in [0.4, 0.5) is 0 Å². The molecule has 0 aliphatic heterocycles. The van der Waals surface area contributed by atoms with E-state index in [0.717, 1.165) is 12.8 Å². The van der Waals surface area contributed by atoms with Crippen molar-refractivity contribution in [3.63, 3.8) is 0 Å². The minimum absolute atomic E-state index is 0.000576. The summed E-state index contributed by atoms with van der Waals surface area (Å²) in [7, 11) is -7.70. The van der Waals surface area contributed by atoms with Crippen molar-refractivity contribution in [3.05, 3.63) is 60.7 Å². The topological polar surface area (TPSA) is 68.3 Å². The van der Waals surface area contributed by atoms with Crippen LogP contribution in [-0.2, 0) is 19.7 Å². The van der Waals surface area contributed by atoms with Gasteiger partial charge in [-0.2, -0.15) is 0 Å². The average Bonchev–Trinajstić information content (AvgIpc) is 3.44. The second kappa shape index (κ2) is 7.49. The van der Waals surface area contributed by atoms with Crippen molar-refractivity contribution in [2.75, 3.05) is 0 Å². The van der Waals surface area contributed by atoms with Gasteiger partial charge in [0.2, 0.25) is 0 Å². The average molecular weight is 403 g/mol. The van der Waals surface area contributed by atoms with Gasteiger partial charge in [-0.15, -0.1) is 5.92 Å². The second-order valence-corrected chi connectivity index (χ2v) is 11.0. The van der Waals surface area contributed by atoms with Gasteiger partial charge in [-0.25, -0.2) is 16.8 Å². The molecular formula is C21H22O4S2. The van der Waals surface area contributed by atoms with E-state index in [2.05, 4.69) is 11.8 Å². The quantitative estimate of drug-likeness (QED) is 0.546. The van der Waals surface area contributed by atoms with E-state index in [1.165, 1.54) is 24.3 Å². The Bertz CT molecular complexity index is 1060. The van der Waals surface area contributed by atoms with E-state index < -0.39 is 29.7 Å². The molecule has 2 aromatic carbocycles. The normalized spacial score (nSPS) is 21.9. The van der Waals surface area contributed by atoms with Crippen LogP contribution >= 0.6 is 0 Å². The Balaban J connectivity index is 2.06. The molecule has 3 rings (SSSR count). The van der Waals surface area contributed by atoms with E-state index in [9.17, 15) is 16.8 Å². The molecule has 0 bridgehead atoms. The van der Waals surface area contributed by atoms with E-state index in [1.807, 2.05) is 6.92 Å². The van der Waals surface area contributed by atoms with Crippen molar-refractivity contribution in [3.8, 4) is 11.8 Å². The highest BCUT2D eigenvalue weighted by Crippen LogP contribution is 2.52. The molecule has 1 aliphatic rings. The van der Waals surface area contributed by atoms with Crippen LogP contribution in [0.15, 0.2) is 70.5 Å². The number of hydrogen-bond acceptors (Lipinski definition) is 4. The summed E-state index contributed by atoms with van der Waals surface area (Å²) in [6.07, 6.45) is 2.35. The third-order valence-electron chi connectivity index (χ3n) is 4.78. The summed E-state index contributed by atoms with van der Waals surface area (Å²) in [5.74, 6) is 5.78. The molecule has 1 aliphatic carbocycles. The molecule has 0 N–H and O–H groups in total. The highest BCUT2D eigenvalue weighted by atomic mass is 32.2. The lowest BCUT2D eigenvalue weighted by Gasteiger charge is -2.13. The van der Waals surface area contributed by atoms with Crippen molar-refractivity contribution in [1.29, 1.82) is 0 Å². The Morgan fingerprint density at radius 3 is 2.04 bits per heavy atom. The zero-order valence-electron chi connectivity index (χ0n) is 15.1. The first-order valence-corrected chi connectivity index (χ1v) is 12.0. The van der Waals surface area contributed by atoms with Gasteiger partial charge in [0.15, 0.2) is 24.4 Å². The van der Waals surface area contributed by atoms with Crippen LogP contribution in [0.5, 0.6) is 0 Å². The number of unbranched alkanes of at least 4 members (excludes halogenated alkanes) is 2. The number of benzene rings is 2. The van der Waals surface area contributed by atoms with Crippen LogP contribution in [0.2, 0.25) is 0 Å². The van der Waals surface area contributed by atoms with E-state index in [1.54, 1.807) is 36.4 Å². The standard InChI is InChI=1S/C21H22O4S2/c1-2-3-4-11-16-21(27(24,25)19-14-9-6-10-15-19)17-20(21)26(22,23)18-12-7-5-8-13-18/h5-10,12-15,20H,2-4,17H2,1H3. The summed E-state index contributed by atoms with van der Waals surface area (Å²) in [5.41, 5.74) is 0. The molecule has 2 aromatic rings. The van der Waals surface area contributed by atoms with Gasteiger partial charge >= 0.3 is 0 Å².